The molecule has 1 saturated heterocycles. The van der Waals surface area contributed by atoms with Crippen LogP contribution >= 0.6 is 0 Å². The van der Waals surface area contributed by atoms with Crippen LogP contribution in [0.25, 0.3) is 0 Å². The maximum atomic E-state index is 12.1. The Morgan fingerprint density at radius 1 is 1.23 bits per heavy atom. The van der Waals surface area contributed by atoms with Gasteiger partial charge in [0.2, 0.25) is 5.91 Å². The zero-order valence-corrected chi connectivity index (χ0v) is 13.7. The molecule has 0 aromatic heterocycles. The zero-order valence-electron chi connectivity index (χ0n) is 13.7. The lowest BCUT2D eigenvalue weighted by atomic mass is 10.1. The van der Waals surface area contributed by atoms with Gasteiger partial charge in [0.25, 0.3) is 0 Å². The smallest absolute Gasteiger partial charge is 0.223 e. The first-order valence-electron chi connectivity index (χ1n) is 7.99. The molecule has 1 amide bonds. The molecule has 0 spiro atoms. The van der Waals surface area contributed by atoms with Crippen molar-refractivity contribution in [1.82, 2.24) is 15.1 Å². The van der Waals surface area contributed by atoms with E-state index >= 15 is 0 Å². The van der Waals surface area contributed by atoms with Crippen LogP contribution in [-0.2, 0) is 11.2 Å². The van der Waals surface area contributed by atoms with Gasteiger partial charge >= 0.3 is 0 Å². The highest BCUT2D eigenvalue weighted by Gasteiger charge is 2.18. The molecule has 0 unspecified atom stereocenters. The minimum atomic E-state index is 0.266. The number of hydrogen-bond acceptors (Lipinski definition) is 4. The second-order valence-corrected chi connectivity index (χ2v) is 5.79. The van der Waals surface area contributed by atoms with E-state index < -0.39 is 0 Å². The molecule has 0 radical (unpaired) electrons. The quantitative estimate of drug-likeness (QED) is 0.763. The van der Waals surface area contributed by atoms with Crippen molar-refractivity contribution in [3.63, 3.8) is 0 Å². The highest BCUT2D eigenvalue weighted by Crippen LogP contribution is 2.12. The predicted molar refractivity (Wildman–Crippen MR) is 88.3 cm³/mol. The molecule has 0 aliphatic carbocycles. The van der Waals surface area contributed by atoms with Gasteiger partial charge in [-0.3, -0.25) is 4.79 Å². The van der Waals surface area contributed by atoms with Crippen LogP contribution in [0.5, 0.6) is 5.75 Å². The summed E-state index contributed by atoms with van der Waals surface area (Å²) < 4.78 is 5.21. The second kappa shape index (κ2) is 8.76. The van der Waals surface area contributed by atoms with Crippen molar-refractivity contribution in [2.45, 2.75) is 12.8 Å². The van der Waals surface area contributed by atoms with Gasteiger partial charge in [0.1, 0.15) is 5.75 Å². The molecule has 0 bridgehead atoms. The molecule has 1 aliphatic heterocycles. The fraction of sp³-hybridized carbons (Fsp3) is 0.588. The molecular formula is C17H27N3O2. The van der Waals surface area contributed by atoms with Gasteiger partial charge in [-0.25, -0.2) is 0 Å². The fourth-order valence-electron chi connectivity index (χ4n) is 2.59. The van der Waals surface area contributed by atoms with E-state index in [4.69, 9.17) is 4.74 Å². The highest BCUT2D eigenvalue weighted by atomic mass is 16.5. The molecule has 1 aromatic rings. The standard InChI is InChI=1S/C17H27N3O2/c1-19-10-12-20(13-11-19)17(21)7-9-18-8-6-15-4-3-5-16(14-15)22-2/h3-5,14,18H,6-13H2,1-2H3. The largest absolute Gasteiger partial charge is 0.497 e. The monoisotopic (exact) mass is 305 g/mol. The van der Waals surface area contributed by atoms with Gasteiger partial charge in [-0.15, -0.1) is 0 Å². The van der Waals surface area contributed by atoms with Crippen molar-refractivity contribution in [3.8, 4) is 5.75 Å². The third-order valence-corrected chi connectivity index (χ3v) is 4.10. The number of nitrogens with one attached hydrogen (secondary N) is 1. The average molecular weight is 305 g/mol. The first-order chi connectivity index (χ1) is 10.7. The Labute approximate surface area is 133 Å². The molecule has 1 aliphatic rings. The lowest BCUT2D eigenvalue weighted by molar-refractivity contribution is -0.132. The van der Waals surface area contributed by atoms with Gasteiger partial charge in [-0.05, 0) is 37.7 Å². The molecule has 22 heavy (non-hydrogen) atoms. The highest BCUT2D eigenvalue weighted by molar-refractivity contribution is 5.76. The maximum Gasteiger partial charge on any atom is 0.223 e. The van der Waals surface area contributed by atoms with Crippen LogP contribution in [0.3, 0.4) is 0 Å². The van der Waals surface area contributed by atoms with Crippen molar-refractivity contribution in [2.75, 3.05) is 53.4 Å². The second-order valence-electron chi connectivity index (χ2n) is 5.79. The number of benzene rings is 1. The Kier molecular flexibility index (Phi) is 6.68. The van der Waals surface area contributed by atoms with Crippen LogP contribution in [0.2, 0.25) is 0 Å². The zero-order chi connectivity index (χ0) is 15.8. The number of carbonyl (C=O) groups is 1. The van der Waals surface area contributed by atoms with Crippen LogP contribution in [-0.4, -0.2) is 69.1 Å². The number of hydrogen-bond donors (Lipinski definition) is 1. The Morgan fingerprint density at radius 3 is 2.73 bits per heavy atom. The van der Waals surface area contributed by atoms with Crippen LogP contribution in [0, 0.1) is 0 Å². The van der Waals surface area contributed by atoms with Crippen molar-refractivity contribution in [2.24, 2.45) is 0 Å². The molecule has 1 N–H and O–H groups in total. The van der Waals surface area contributed by atoms with Gasteiger partial charge in [0, 0.05) is 39.1 Å². The van der Waals surface area contributed by atoms with Crippen molar-refractivity contribution < 1.29 is 9.53 Å². The third kappa shape index (κ3) is 5.31. The first kappa shape index (κ1) is 16.8. The molecule has 0 atom stereocenters. The molecule has 5 heteroatoms. The SMILES string of the molecule is COc1cccc(CCNCCC(=O)N2CCN(C)CC2)c1. The minimum absolute atomic E-state index is 0.266. The molecule has 122 valence electrons. The van der Waals surface area contributed by atoms with E-state index in [0.29, 0.717) is 6.42 Å². The van der Waals surface area contributed by atoms with Crippen LogP contribution in [0.4, 0.5) is 0 Å². The summed E-state index contributed by atoms with van der Waals surface area (Å²) >= 11 is 0. The van der Waals surface area contributed by atoms with Crippen LogP contribution in [0.1, 0.15) is 12.0 Å². The van der Waals surface area contributed by atoms with Gasteiger partial charge < -0.3 is 19.9 Å². The summed E-state index contributed by atoms with van der Waals surface area (Å²) in [6, 6.07) is 8.10. The maximum absolute atomic E-state index is 12.1. The van der Waals surface area contributed by atoms with E-state index in [9.17, 15) is 4.79 Å². The number of piperazine rings is 1. The number of amides is 1. The number of rotatable bonds is 7. The van der Waals surface area contributed by atoms with E-state index in [1.165, 1.54) is 5.56 Å². The van der Waals surface area contributed by atoms with E-state index in [1.807, 2.05) is 17.0 Å². The summed E-state index contributed by atoms with van der Waals surface area (Å²) in [5.74, 6) is 1.16. The molecule has 5 nitrogen and oxygen atoms in total. The number of likely N-dealkylation sites (N-methyl/N-ethyl adjacent to an activating group) is 1. The molecule has 1 heterocycles. The van der Waals surface area contributed by atoms with Crippen molar-refractivity contribution in [1.29, 1.82) is 0 Å². The van der Waals surface area contributed by atoms with Gasteiger partial charge in [0.15, 0.2) is 0 Å². The van der Waals surface area contributed by atoms with Crippen molar-refractivity contribution in [3.05, 3.63) is 29.8 Å². The molecule has 1 aromatic carbocycles. The fourth-order valence-corrected chi connectivity index (χ4v) is 2.59. The molecular weight excluding hydrogens is 278 g/mol. The lowest BCUT2D eigenvalue weighted by Gasteiger charge is -2.32. The normalized spacial score (nSPS) is 15.8. The number of methoxy groups -OCH3 is 1. The van der Waals surface area contributed by atoms with Crippen LogP contribution in [0.15, 0.2) is 24.3 Å². The molecule has 2 rings (SSSR count). The van der Waals surface area contributed by atoms with E-state index in [0.717, 1.165) is 51.4 Å². The summed E-state index contributed by atoms with van der Waals surface area (Å²) in [5, 5.41) is 3.35. The Balaban J connectivity index is 1.59. The minimum Gasteiger partial charge on any atom is -0.497 e. The Bertz CT molecular complexity index is 471. The van der Waals surface area contributed by atoms with E-state index in [1.54, 1.807) is 7.11 Å². The summed E-state index contributed by atoms with van der Waals surface area (Å²) in [6.07, 6.45) is 1.53. The lowest BCUT2D eigenvalue weighted by Crippen LogP contribution is -2.47. The number of carbonyl (C=O) groups excluding carboxylic acids is 1. The summed E-state index contributed by atoms with van der Waals surface area (Å²) in [6.45, 7) is 5.31. The van der Waals surface area contributed by atoms with Crippen molar-refractivity contribution >= 4 is 5.91 Å². The molecule has 0 saturated carbocycles. The summed E-state index contributed by atoms with van der Waals surface area (Å²) in [4.78, 5) is 16.3. The third-order valence-electron chi connectivity index (χ3n) is 4.10. The van der Waals surface area contributed by atoms with E-state index in [2.05, 4.69) is 29.4 Å². The van der Waals surface area contributed by atoms with Gasteiger partial charge in [-0.1, -0.05) is 12.1 Å². The summed E-state index contributed by atoms with van der Waals surface area (Å²) in [7, 11) is 3.78. The topological polar surface area (TPSA) is 44.8 Å². The summed E-state index contributed by atoms with van der Waals surface area (Å²) in [5.41, 5.74) is 1.25. The predicted octanol–water partition coefficient (Wildman–Crippen LogP) is 0.991. The van der Waals surface area contributed by atoms with Gasteiger partial charge in [-0.2, -0.15) is 0 Å². The Hall–Kier alpha value is -1.59. The number of nitrogens with zero attached hydrogens (tertiary/aromatic N) is 2. The average Bonchev–Trinajstić information content (AvgIpc) is 2.55. The van der Waals surface area contributed by atoms with Gasteiger partial charge in [0.05, 0.1) is 7.11 Å². The van der Waals surface area contributed by atoms with E-state index in [-0.39, 0.29) is 5.91 Å². The first-order valence-corrected chi connectivity index (χ1v) is 7.99. The van der Waals surface area contributed by atoms with Crippen LogP contribution < -0.4 is 10.1 Å². The number of ether oxygens (including phenoxy) is 1. The molecule has 1 fully saturated rings. The Morgan fingerprint density at radius 2 is 2.00 bits per heavy atom.